The number of benzene rings is 1. The minimum absolute atomic E-state index is 0.00932. The van der Waals surface area contributed by atoms with Gasteiger partial charge in [0.05, 0.1) is 19.9 Å². The number of aryl methyl sites for hydroxylation is 2. The number of phenolic OH excluding ortho intramolecular Hbond substituents is 1. The van der Waals surface area contributed by atoms with Gasteiger partial charge in [-0.1, -0.05) is 0 Å². The van der Waals surface area contributed by atoms with E-state index in [0.717, 1.165) is 29.9 Å². The Morgan fingerprint density at radius 1 is 1.10 bits per heavy atom. The largest absolute Gasteiger partial charge is 0.502 e. The third-order valence-electron chi connectivity index (χ3n) is 3.71. The van der Waals surface area contributed by atoms with Crippen LogP contribution < -0.4 is 9.47 Å². The zero-order chi connectivity index (χ0) is 14.1. The standard InChI is InChI=1S/C15H18N2O3/c1-19-12-7-9(8-13(20-2)14(12)18)15-16-10-5-3-4-6-11(10)17-15/h7-8,18H,3-6H2,1-2H3,(H,16,17). The molecule has 20 heavy (non-hydrogen) atoms. The summed E-state index contributed by atoms with van der Waals surface area (Å²) in [5, 5.41) is 9.94. The molecule has 1 heterocycles. The lowest BCUT2D eigenvalue weighted by Crippen LogP contribution is -2.00. The van der Waals surface area contributed by atoms with Gasteiger partial charge in [-0.25, -0.2) is 4.98 Å². The molecule has 1 aromatic carbocycles. The zero-order valence-electron chi connectivity index (χ0n) is 11.7. The van der Waals surface area contributed by atoms with E-state index in [1.165, 1.54) is 32.8 Å². The van der Waals surface area contributed by atoms with E-state index in [9.17, 15) is 5.11 Å². The number of methoxy groups -OCH3 is 2. The average Bonchev–Trinajstić information content (AvgIpc) is 2.91. The van der Waals surface area contributed by atoms with Gasteiger partial charge in [-0.2, -0.15) is 0 Å². The number of nitrogens with one attached hydrogen (secondary N) is 1. The van der Waals surface area contributed by atoms with Crippen molar-refractivity contribution in [3.8, 4) is 28.6 Å². The first kappa shape index (κ1) is 12.8. The molecule has 0 amide bonds. The molecule has 1 aromatic heterocycles. The third kappa shape index (κ3) is 2.09. The Labute approximate surface area is 117 Å². The van der Waals surface area contributed by atoms with Crippen LogP contribution in [0, 0.1) is 0 Å². The zero-order valence-corrected chi connectivity index (χ0v) is 11.7. The summed E-state index contributed by atoms with van der Waals surface area (Å²) in [5.41, 5.74) is 3.22. The van der Waals surface area contributed by atoms with E-state index in [0.29, 0.717) is 11.5 Å². The molecule has 0 aliphatic heterocycles. The van der Waals surface area contributed by atoms with Crippen molar-refractivity contribution in [3.05, 3.63) is 23.5 Å². The fourth-order valence-corrected chi connectivity index (χ4v) is 2.62. The van der Waals surface area contributed by atoms with Crippen LogP contribution in [0.1, 0.15) is 24.2 Å². The predicted molar refractivity (Wildman–Crippen MR) is 75.4 cm³/mol. The van der Waals surface area contributed by atoms with E-state index in [-0.39, 0.29) is 5.75 Å². The SMILES string of the molecule is COc1cc(-c2nc3c([nH]2)CCCC3)cc(OC)c1O. The fourth-order valence-electron chi connectivity index (χ4n) is 2.62. The number of aromatic amines is 1. The molecule has 0 saturated carbocycles. The number of rotatable bonds is 3. The van der Waals surface area contributed by atoms with E-state index in [4.69, 9.17) is 9.47 Å². The van der Waals surface area contributed by atoms with Crippen LogP contribution in [0.3, 0.4) is 0 Å². The summed E-state index contributed by atoms with van der Waals surface area (Å²) in [5.74, 6) is 1.58. The second-order valence-corrected chi connectivity index (χ2v) is 4.95. The van der Waals surface area contributed by atoms with Crippen molar-refractivity contribution in [2.45, 2.75) is 25.7 Å². The number of H-pyrrole nitrogens is 1. The fraction of sp³-hybridized carbons (Fsp3) is 0.400. The summed E-state index contributed by atoms with van der Waals surface area (Å²) in [4.78, 5) is 8.02. The smallest absolute Gasteiger partial charge is 0.200 e. The van der Waals surface area contributed by atoms with Crippen molar-refractivity contribution in [1.29, 1.82) is 0 Å². The Bertz CT molecular complexity index is 586. The van der Waals surface area contributed by atoms with Crippen LogP contribution in [0.15, 0.2) is 12.1 Å². The average molecular weight is 274 g/mol. The summed E-state index contributed by atoms with van der Waals surface area (Å²) < 4.78 is 10.4. The quantitative estimate of drug-likeness (QED) is 0.903. The highest BCUT2D eigenvalue weighted by molar-refractivity contribution is 5.66. The maximum Gasteiger partial charge on any atom is 0.200 e. The highest BCUT2D eigenvalue weighted by Gasteiger charge is 2.18. The number of aromatic nitrogens is 2. The Kier molecular flexibility index (Phi) is 3.26. The molecule has 0 bridgehead atoms. The highest BCUT2D eigenvalue weighted by Crippen LogP contribution is 2.40. The van der Waals surface area contributed by atoms with Gasteiger partial charge < -0.3 is 19.6 Å². The van der Waals surface area contributed by atoms with Crippen molar-refractivity contribution >= 4 is 0 Å². The second-order valence-electron chi connectivity index (χ2n) is 4.95. The van der Waals surface area contributed by atoms with Crippen molar-refractivity contribution < 1.29 is 14.6 Å². The van der Waals surface area contributed by atoms with Crippen LogP contribution in [0.4, 0.5) is 0 Å². The van der Waals surface area contributed by atoms with E-state index < -0.39 is 0 Å². The maximum absolute atomic E-state index is 9.94. The molecule has 2 aromatic rings. The predicted octanol–water partition coefficient (Wildman–Crippen LogP) is 2.68. The highest BCUT2D eigenvalue weighted by atomic mass is 16.5. The monoisotopic (exact) mass is 274 g/mol. The molecule has 5 nitrogen and oxygen atoms in total. The van der Waals surface area contributed by atoms with Crippen LogP contribution in [-0.2, 0) is 12.8 Å². The third-order valence-corrected chi connectivity index (χ3v) is 3.71. The van der Waals surface area contributed by atoms with Gasteiger partial charge in [-0.3, -0.25) is 0 Å². The van der Waals surface area contributed by atoms with Gasteiger partial charge in [0.2, 0.25) is 5.75 Å². The molecule has 0 unspecified atom stereocenters. The van der Waals surface area contributed by atoms with E-state index in [2.05, 4.69) is 9.97 Å². The van der Waals surface area contributed by atoms with E-state index >= 15 is 0 Å². The normalized spacial score (nSPS) is 13.9. The van der Waals surface area contributed by atoms with Crippen molar-refractivity contribution in [2.75, 3.05) is 14.2 Å². The molecule has 0 fully saturated rings. The Balaban J connectivity index is 2.07. The van der Waals surface area contributed by atoms with Crippen molar-refractivity contribution in [2.24, 2.45) is 0 Å². The first-order valence-electron chi connectivity index (χ1n) is 6.76. The first-order valence-corrected chi connectivity index (χ1v) is 6.76. The topological polar surface area (TPSA) is 67.4 Å². The van der Waals surface area contributed by atoms with E-state index in [1.54, 1.807) is 12.1 Å². The van der Waals surface area contributed by atoms with Gasteiger partial charge in [0.25, 0.3) is 0 Å². The maximum atomic E-state index is 9.94. The van der Waals surface area contributed by atoms with Crippen molar-refractivity contribution in [1.82, 2.24) is 9.97 Å². The number of nitrogens with zero attached hydrogens (tertiary/aromatic N) is 1. The van der Waals surface area contributed by atoms with Crippen molar-refractivity contribution in [3.63, 3.8) is 0 Å². The number of ether oxygens (including phenoxy) is 2. The molecule has 0 radical (unpaired) electrons. The lowest BCUT2D eigenvalue weighted by atomic mass is 10.0. The second kappa shape index (κ2) is 5.07. The van der Waals surface area contributed by atoms with Crippen LogP contribution in [0.2, 0.25) is 0 Å². The van der Waals surface area contributed by atoms with Crippen LogP contribution >= 0.6 is 0 Å². The molecular weight excluding hydrogens is 256 g/mol. The minimum atomic E-state index is 0.00932. The number of phenols is 1. The van der Waals surface area contributed by atoms with Crippen LogP contribution in [0.25, 0.3) is 11.4 Å². The number of imidazole rings is 1. The molecule has 2 N–H and O–H groups in total. The van der Waals surface area contributed by atoms with Gasteiger partial charge in [0.15, 0.2) is 11.5 Å². The lowest BCUT2D eigenvalue weighted by Gasteiger charge is -2.10. The Morgan fingerprint density at radius 3 is 2.35 bits per heavy atom. The number of hydrogen-bond donors (Lipinski definition) is 2. The van der Waals surface area contributed by atoms with Gasteiger partial charge in [-0.15, -0.1) is 0 Å². The summed E-state index contributed by atoms with van der Waals surface area (Å²) in [6.07, 6.45) is 4.48. The summed E-state index contributed by atoms with van der Waals surface area (Å²) in [7, 11) is 3.04. The molecule has 0 spiro atoms. The van der Waals surface area contributed by atoms with E-state index in [1.807, 2.05) is 0 Å². The molecule has 5 heteroatoms. The summed E-state index contributed by atoms with van der Waals surface area (Å²) in [6.45, 7) is 0. The van der Waals surface area contributed by atoms with Gasteiger partial charge in [0, 0.05) is 11.3 Å². The Hall–Kier alpha value is -2.17. The van der Waals surface area contributed by atoms with Crippen LogP contribution in [0.5, 0.6) is 17.2 Å². The van der Waals surface area contributed by atoms with Gasteiger partial charge in [-0.05, 0) is 37.8 Å². The number of aromatic hydroxyl groups is 1. The minimum Gasteiger partial charge on any atom is -0.502 e. The molecule has 3 rings (SSSR count). The molecule has 1 aliphatic carbocycles. The molecule has 0 saturated heterocycles. The number of hydrogen-bond acceptors (Lipinski definition) is 4. The van der Waals surface area contributed by atoms with Gasteiger partial charge in [0.1, 0.15) is 5.82 Å². The first-order chi connectivity index (χ1) is 9.72. The molecular formula is C15H18N2O3. The molecule has 1 aliphatic rings. The van der Waals surface area contributed by atoms with Gasteiger partial charge >= 0.3 is 0 Å². The van der Waals surface area contributed by atoms with Crippen LogP contribution in [-0.4, -0.2) is 29.3 Å². The summed E-state index contributed by atoms with van der Waals surface area (Å²) in [6, 6.07) is 3.53. The summed E-state index contributed by atoms with van der Waals surface area (Å²) >= 11 is 0. The molecule has 0 atom stereocenters. The lowest BCUT2D eigenvalue weighted by molar-refractivity contribution is 0.340. The number of fused-ring (bicyclic) bond motifs is 1. The Morgan fingerprint density at radius 2 is 1.75 bits per heavy atom. The molecule has 106 valence electrons.